The second-order valence-electron chi connectivity index (χ2n) is 7.23. The molecule has 0 N–H and O–H groups in total. The molecule has 0 saturated carbocycles. The van der Waals surface area contributed by atoms with Crippen LogP contribution in [-0.4, -0.2) is 19.5 Å². The number of aryl methyl sites for hydroxylation is 1. The van der Waals surface area contributed by atoms with Gasteiger partial charge < -0.3 is 9.47 Å². The molecule has 0 amide bonds. The molecule has 0 radical (unpaired) electrons. The van der Waals surface area contributed by atoms with Gasteiger partial charge in [0.25, 0.3) is 0 Å². The van der Waals surface area contributed by atoms with Crippen molar-refractivity contribution in [3.63, 3.8) is 0 Å². The summed E-state index contributed by atoms with van der Waals surface area (Å²) in [5.74, 6) is -2.24. The van der Waals surface area contributed by atoms with Crippen molar-refractivity contribution in [2.45, 2.75) is 58.2 Å². The lowest BCUT2D eigenvalue weighted by Gasteiger charge is -2.29. The fourth-order valence-electron chi connectivity index (χ4n) is 3.69. The number of unbranched alkanes of at least 4 members (excludes halogenated alkanes) is 1. The predicted octanol–water partition coefficient (Wildman–Crippen LogP) is 6.37. The lowest BCUT2D eigenvalue weighted by molar-refractivity contribution is -0.164. The molecule has 2 nitrogen and oxygen atoms in total. The highest BCUT2D eigenvalue weighted by Crippen LogP contribution is 2.33. The van der Waals surface area contributed by atoms with E-state index in [9.17, 15) is 13.2 Å². The van der Waals surface area contributed by atoms with E-state index in [-0.39, 0.29) is 17.8 Å². The fourth-order valence-corrected chi connectivity index (χ4v) is 3.69. The summed E-state index contributed by atoms with van der Waals surface area (Å²) in [6.07, 6.45) is 3.44. The minimum Gasteiger partial charge on any atom is -0.353 e. The van der Waals surface area contributed by atoms with Crippen LogP contribution in [0.3, 0.4) is 0 Å². The van der Waals surface area contributed by atoms with E-state index in [0.717, 1.165) is 19.3 Å². The van der Waals surface area contributed by atoms with Crippen molar-refractivity contribution in [2.24, 2.45) is 0 Å². The molecule has 1 heterocycles. The molecule has 0 aromatic heterocycles. The van der Waals surface area contributed by atoms with E-state index in [1.54, 1.807) is 18.2 Å². The number of ether oxygens (including phenoxy) is 2. The van der Waals surface area contributed by atoms with E-state index in [4.69, 9.17) is 9.47 Å². The second kappa shape index (κ2) is 9.57. The molecule has 5 heteroatoms. The molecule has 0 spiro atoms. The van der Waals surface area contributed by atoms with E-state index in [1.165, 1.54) is 12.1 Å². The van der Waals surface area contributed by atoms with Crippen LogP contribution < -0.4 is 0 Å². The minimum absolute atomic E-state index is 0.0660. The summed E-state index contributed by atoms with van der Waals surface area (Å²) in [6.45, 7) is 4.88. The number of hydrogen-bond acceptors (Lipinski definition) is 2. The van der Waals surface area contributed by atoms with Gasteiger partial charge in [-0.3, -0.25) is 0 Å². The van der Waals surface area contributed by atoms with Gasteiger partial charge >= 0.3 is 0 Å². The molecule has 2 aromatic rings. The molecule has 28 heavy (non-hydrogen) atoms. The molecule has 3 rings (SSSR count). The molecule has 1 fully saturated rings. The fraction of sp³-hybridized carbons (Fsp3) is 0.478. The van der Waals surface area contributed by atoms with Gasteiger partial charge in [0.1, 0.15) is 5.82 Å². The molecule has 1 aliphatic rings. The largest absolute Gasteiger partial charge is 0.353 e. The molecule has 152 valence electrons. The summed E-state index contributed by atoms with van der Waals surface area (Å²) in [7, 11) is 0. The van der Waals surface area contributed by atoms with E-state index in [2.05, 4.69) is 0 Å². The molecule has 1 saturated heterocycles. The summed E-state index contributed by atoms with van der Waals surface area (Å²) in [5.41, 5.74) is 1.32. The monoisotopic (exact) mass is 392 g/mol. The number of halogens is 3. The summed E-state index contributed by atoms with van der Waals surface area (Å²) in [4.78, 5) is 0. The van der Waals surface area contributed by atoms with Crippen molar-refractivity contribution >= 4 is 0 Å². The number of hydrogen-bond donors (Lipinski definition) is 0. The van der Waals surface area contributed by atoms with Gasteiger partial charge in [0.15, 0.2) is 17.9 Å². The topological polar surface area (TPSA) is 18.5 Å². The standard InChI is InChI=1S/C23H27F3O2/c1-3-5-6-15-7-11-19(23(26)22(15)25)16-8-10-18(20(24)13-16)17-9-12-21(27-4-2)28-14-17/h7-8,10-11,13,17,21H,3-6,9,12,14H2,1-2H3. The SMILES string of the molecule is CCCCc1ccc(-c2ccc(C3CCC(OCC)OC3)c(F)c2)c(F)c1F. The van der Waals surface area contributed by atoms with E-state index < -0.39 is 17.5 Å². The van der Waals surface area contributed by atoms with Crippen molar-refractivity contribution in [1.29, 1.82) is 0 Å². The molecule has 1 aliphatic heterocycles. The summed E-state index contributed by atoms with van der Waals surface area (Å²) >= 11 is 0. The van der Waals surface area contributed by atoms with Gasteiger partial charge in [0.2, 0.25) is 0 Å². The van der Waals surface area contributed by atoms with Crippen LogP contribution in [0, 0.1) is 17.5 Å². The number of rotatable bonds is 7. The van der Waals surface area contributed by atoms with Crippen molar-refractivity contribution in [2.75, 3.05) is 13.2 Å². The maximum absolute atomic E-state index is 14.7. The Kier molecular flexibility index (Phi) is 7.13. The Morgan fingerprint density at radius 2 is 1.86 bits per heavy atom. The predicted molar refractivity (Wildman–Crippen MR) is 104 cm³/mol. The maximum atomic E-state index is 14.7. The Balaban J connectivity index is 1.78. The highest BCUT2D eigenvalue weighted by Gasteiger charge is 2.25. The maximum Gasteiger partial charge on any atom is 0.166 e. The first-order valence-corrected chi connectivity index (χ1v) is 10.0. The third-order valence-corrected chi connectivity index (χ3v) is 5.30. The third-order valence-electron chi connectivity index (χ3n) is 5.30. The van der Waals surface area contributed by atoms with Crippen LogP contribution in [0.2, 0.25) is 0 Å². The minimum atomic E-state index is -0.915. The van der Waals surface area contributed by atoms with Crippen molar-refractivity contribution in [1.82, 2.24) is 0 Å². The molecule has 2 atom stereocenters. The highest BCUT2D eigenvalue weighted by atomic mass is 19.2. The zero-order valence-electron chi connectivity index (χ0n) is 16.4. The van der Waals surface area contributed by atoms with Crippen LogP contribution in [0.5, 0.6) is 0 Å². The first kappa shape index (κ1) is 20.9. The van der Waals surface area contributed by atoms with Crippen LogP contribution in [0.1, 0.15) is 56.6 Å². The lowest BCUT2D eigenvalue weighted by atomic mass is 9.90. The zero-order valence-corrected chi connectivity index (χ0v) is 16.4. The molecule has 0 aliphatic carbocycles. The normalized spacial score (nSPS) is 19.8. The summed E-state index contributed by atoms with van der Waals surface area (Å²) < 4.78 is 54.7. The van der Waals surface area contributed by atoms with E-state index >= 15 is 0 Å². The van der Waals surface area contributed by atoms with E-state index in [0.29, 0.717) is 42.7 Å². The van der Waals surface area contributed by atoms with Gasteiger partial charge in [0.05, 0.1) is 6.61 Å². The van der Waals surface area contributed by atoms with Gasteiger partial charge in [-0.05, 0) is 55.4 Å². The van der Waals surface area contributed by atoms with Crippen molar-refractivity contribution in [3.8, 4) is 11.1 Å². The Morgan fingerprint density at radius 1 is 1.04 bits per heavy atom. The van der Waals surface area contributed by atoms with Gasteiger partial charge in [-0.1, -0.05) is 37.6 Å². The molecule has 2 aromatic carbocycles. The van der Waals surface area contributed by atoms with Gasteiger partial charge in [-0.15, -0.1) is 0 Å². The quantitative estimate of drug-likeness (QED) is 0.545. The Labute approximate surface area is 164 Å². The second-order valence-corrected chi connectivity index (χ2v) is 7.23. The van der Waals surface area contributed by atoms with Gasteiger partial charge in [-0.25, -0.2) is 13.2 Å². The molecular weight excluding hydrogens is 365 g/mol. The smallest absolute Gasteiger partial charge is 0.166 e. The Hall–Kier alpha value is -1.85. The Bertz CT molecular complexity index is 799. The van der Waals surface area contributed by atoms with Crippen LogP contribution in [0.4, 0.5) is 13.2 Å². The molecule has 2 unspecified atom stereocenters. The average molecular weight is 392 g/mol. The van der Waals surface area contributed by atoms with Crippen LogP contribution in [-0.2, 0) is 15.9 Å². The first-order chi connectivity index (χ1) is 13.5. The number of benzene rings is 2. The van der Waals surface area contributed by atoms with Crippen molar-refractivity contribution in [3.05, 3.63) is 58.9 Å². The van der Waals surface area contributed by atoms with Gasteiger partial charge in [-0.2, -0.15) is 0 Å². The summed E-state index contributed by atoms with van der Waals surface area (Å²) in [5, 5.41) is 0. The van der Waals surface area contributed by atoms with Crippen LogP contribution >= 0.6 is 0 Å². The zero-order chi connectivity index (χ0) is 20.1. The van der Waals surface area contributed by atoms with Crippen molar-refractivity contribution < 1.29 is 22.6 Å². The first-order valence-electron chi connectivity index (χ1n) is 10.0. The summed E-state index contributed by atoms with van der Waals surface area (Å²) in [6, 6.07) is 7.72. The lowest BCUT2D eigenvalue weighted by Crippen LogP contribution is -2.27. The highest BCUT2D eigenvalue weighted by molar-refractivity contribution is 5.65. The van der Waals surface area contributed by atoms with Crippen LogP contribution in [0.15, 0.2) is 30.3 Å². The Morgan fingerprint density at radius 3 is 2.50 bits per heavy atom. The molecule has 0 bridgehead atoms. The molecular formula is C23H27F3O2. The van der Waals surface area contributed by atoms with Gasteiger partial charge in [0, 0.05) is 18.1 Å². The van der Waals surface area contributed by atoms with E-state index in [1.807, 2.05) is 13.8 Å². The third kappa shape index (κ3) is 4.58. The van der Waals surface area contributed by atoms with Crippen LogP contribution in [0.25, 0.3) is 11.1 Å². The average Bonchev–Trinajstić information content (AvgIpc) is 2.70.